The van der Waals surface area contributed by atoms with Gasteiger partial charge in [0.25, 0.3) is 0 Å². The third kappa shape index (κ3) is 6.34. The molecule has 0 radical (unpaired) electrons. The van der Waals surface area contributed by atoms with Gasteiger partial charge in [-0.1, -0.05) is 22.6 Å². The fraction of sp³-hybridized carbons (Fsp3) is 0.360. The topological polar surface area (TPSA) is 138 Å². The number of carbonyl (C=O) groups excluding carboxylic acids is 1. The highest BCUT2D eigenvalue weighted by atomic mass is 127. The number of halogens is 1. The van der Waals surface area contributed by atoms with Crippen LogP contribution in [0, 0.1) is 0 Å². The molecule has 3 aromatic rings. The molecule has 4 N–H and O–H groups in total. The summed E-state index contributed by atoms with van der Waals surface area (Å²) in [6, 6.07) is 9.15. The molecule has 4 heterocycles. The Bertz CT molecular complexity index is 1330. The van der Waals surface area contributed by atoms with Gasteiger partial charge in [0.15, 0.2) is 10.9 Å². The van der Waals surface area contributed by atoms with Gasteiger partial charge in [-0.05, 0) is 55.9 Å². The second-order valence-corrected chi connectivity index (χ2v) is 10.3. The summed E-state index contributed by atoms with van der Waals surface area (Å²) in [5, 5.41) is 6.74. The Balaban J connectivity index is 1.42. The van der Waals surface area contributed by atoms with Gasteiger partial charge in [0.1, 0.15) is 5.82 Å². The number of alkyl halides is 1. The minimum Gasteiger partial charge on any atom is -0.377 e. The summed E-state index contributed by atoms with van der Waals surface area (Å²) in [6.45, 7) is 5.66. The van der Waals surface area contributed by atoms with E-state index in [0.29, 0.717) is 36.1 Å². The van der Waals surface area contributed by atoms with E-state index in [-0.39, 0.29) is 11.2 Å². The Labute approximate surface area is 245 Å². The number of aromatic nitrogens is 4. The van der Waals surface area contributed by atoms with Gasteiger partial charge >= 0.3 is 6.03 Å². The maximum atomic E-state index is 11.9. The Hall–Kier alpha value is -3.21. The number of hydrogen-bond acceptors (Lipinski definition) is 10. The number of ether oxygens (including phenoxy) is 1. The summed E-state index contributed by atoms with van der Waals surface area (Å²) in [4.78, 5) is 35.4. The van der Waals surface area contributed by atoms with Gasteiger partial charge in [-0.25, -0.2) is 30.6 Å². The summed E-state index contributed by atoms with van der Waals surface area (Å²) >= 11 is 7.23. The molecule has 0 bridgehead atoms. The molecule has 0 aliphatic carbocycles. The SMILES string of the molecule is CC1COCCN1c1nc(-c2ccc(NC(=S)NC(=O)N(N)CI)cc2)nc2c1CCN(c1ncccn1)C2. The van der Waals surface area contributed by atoms with Gasteiger partial charge < -0.3 is 19.9 Å². The molecule has 2 aromatic heterocycles. The number of hydrazine groups is 1. The normalized spacial score (nSPS) is 16.8. The number of nitrogens with one attached hydrogen (secondary N) is 2. The van der Waals surface area contributed by atoms with Crippen molar-refractivity contribution in [2.75, 3.05) is 46.0 Å². The van der Waals surface area contributed by atoms with Crippen molar-refractivity contribution in [2.45, 2.75) is 25.9 Å². The lowest BCUT2D eigenvalue weighted by molar-refractivity contribution is 0.0984. The van der Waals surface area contributed by atoms with Gasteiger partial charge in [-0.15, -0.1) is 0 Å². The first-order chi connectivity index (χ1) is 18.9. The average molecular weight is 661 g/mol. The monoisotopic (exact) mass is 660 g/mol. The first kappa shape index (κ1) is 27.4. The minimum atomic E-state index is -0.485. The number of nitrogens with zero attached hydrogens (tertiary/aromatic N) is 7. The predicted molar refractivity (Wildman–Crippen MR) is 162 cm³/mol. The molecular formula is C25H29IN10O2S. The fourth-order valence-corrected chi connectivity index (χ4v) is 5.05. The molecule has 2 aliphatic rings. The van der Waals surface area contributed by atoms with E-state index in [4.69, 9.17) is 32.8 Å². The molecule has 2 aliphatic heterocycles. The van der Waals surface area contributed by atoms with Crippen LogP contribution in [0.2, 0.25) is 0 Å². The fourth-order valence-electron chi connectivity index (χ4n) is 4.53. The lowest BCUT2D eigenvalue weighted by Crippen LogP contribution is -2.47. The first-order valence-corrected chi connectivity index (χ1v) is 14.4. The minimum absolute atomic E-state index is 0.157. The van der Waals surface area contributed by atoms with Crippen LogP contribution < -0.4 is 26.3 Å². The summed E-state index contributed by atoms with van der Waals surface area (Å²) < 4.78 is 6.03. The van der Waals surface area contributed by atoms with Gasteiger partial charge in [0.05, 0.1) is 36.0 Å². The van der Waals surface area contributed by atoms with Crippen molar-refractivity contribution in [2.24, 2.45) is 5.84 Å². The molecule has 0 saturated carbocycles. The number of amides is 2. The number of rotatable bonds is 5. The van der Waals surface area contributed by atoms with Crippen LogP contribution in [0.15, 0.2) is 42.7 Å². The molecule has 204 valence electrons. The van der Waals surface area contributed by atoms with Crippen molar-refractivity contribution in [1.82, 2.24) is 30.3 Å². The summed E-state index contributed by atoms with van der Waals surface area (Å²) in [5.74, 6) is 7.90. The molecule has 1 unspecified atom stereocenters. The van der Waals surface area contributed by atoms with Crippen LogP contribution >= 0.6 is 34.8 Å². The van der Waals surface area contributed by atoms with Crippen LogP contribution in [0.1, 0.15) is 18.2 Å². The van der Waals surface area contributed by atoms with Crippen molar-refractivity contribution >= 4 is 63.4 Å². The molecular weight excluding hydrogens is 631 g/mol. The number of thiocarbonyl (C=S) groups is 1. The van der Waals surface area contributed by atoms with E-state index in [2.05, 4.69) is 37.3 Å². The number of hydrogen-bond donors (Lipinski definition) is 3. The van der Waals surface area contributed by atoms with Crippen molar-refractivity contribution in [3.63, 3.8) is 0 Å². The van der Waals surface area contributed by atoms with Crippen LogP contribution in [-0.2, 0) is 17.7 Å². The largest absolute Gasteiger partial charge is 0.377 e. The van der Waals surface area contributed by atoms with E-state index in [1.54, 1.807) is 12.4 Å². The summed E-state index contributed by atoms with van der Waals surface area (Å²) in [5.41, 5.74) is 3.72. The smallest absolute Gasteiger partial charge is 0.338 e. The number of benzene rings is 1. The third-order valence-electron chi connectivity index (χ3n) is 6.53. The Morgan fingerprint density at radius 2 is 2.00 bits per heavy atom. The van der Waals surface area contributed by atoms with Crippen molar-refractivity contribution in [3.05, 3.63) is 54.0 Å². The number of nitrogens with two attached hydrogens (primary N) is 1. The molecule has 1 atom stereocenters. The van der Waals surface area contributed by atoms with Crippen molar-refractivity contribution in [3.8, 4) is 11.4 Å². The van der Waals surface area contributed by atoms with E-state index < -0.39 is 6.03 Å². The highest BCUT2D eigenvalue weighted by Crippen LogP contribution is 2.32. The maximum Gasteiger partial charge on any atom is 0.338 e. The van der Waals surface area contributed by atoms with Gasteiger partial charge in [-0.3, -0.25) is 10.3 Å². The van der Waals surface area contributed by atoms with E-state index in [1.165, 1.54) is 5.56 Å². The van der Waals surface area contributed by atoms with Crippen LogP contribution in [-0.4, -0.2) is 73.0 Å². The van der Waals surface area contributed by atoms with Crippen LogP contribution in [0.5, 0.6) is 0 Å². The van der Waals surface area contributed by atoms with Crippen LogP contribution in [0.25, 0.3) is 11.4 Å². The molecule has 1 aromatic carbocycles. The number of morpholine rings is 1. The number of fused-ring (bicyclic) bond motifs is 1. The van der Waals surface area contributed by atoms with Crippen molar-refractivity contribution < 1.29 is 9.53 Å². The van der Waals surface area contributed by atoms with E-state index in [1.807, 2.05) is 52.9 Å². The molecule has 1 saturated heterocycles. The highest BCUT2D eigenvalue weighted by molar-refractivity contribution is 14.1. The Kier molecular flexibility index (Phi) is 8.64. The maximum absolute atomic E-state index is 11.9. The second kappa shape index (κ2) is 12.3. The summed E-state index contributed by atoms with van der Waals surface area (Å²) in [6.07, 6.45) is 4.32. The van der Waals surface area contributed by atoms with E-state index in [0.717, 1.165) is 47.3 Å². The Morgan fingerprint density at radius 1 is 1.23 bits per heavy atom. The molecule has 5 rings (SSSR count). The third-order valence-corrected chi connectivity index (χ3v) is 7.47. The Morgan fingerprint density at radius 3 is 2.72 bits per heavy atom. The molecule has 39 heavy (non-hydrogen) atoms. The highest BCUT2D eigenvalue weighted by Gasteiger charge is 2.29. The predicted octanol–water partition coefficient (Wildman–Crippen LogP) is 2.70. The van der Waals surface area contributed by atoms with Crippen molar-refractivity contribution in [1.29, 1.82) is 0 Å². The first-order valence-electron chi connectivity index (χ1n) is 12.5. The zero-order valence-electron chi connectivity index (χ0n) is 21.4. The summed E-state index contributed by atoms with van der Waals surface area (Å²) in [7, 11) is 0. The molecule has 2 amide bonds. The number of urea groups is 1. The zero-order chi connectivity index (χ0) is 27.4. The second-order valence-electron chi connectivity index (χ2n) is 9.18. The van der Waals surface area contributed by atoms with Gasteiger partial charge in [0, 0.05) is 42.3 Å². The zero-order valence-corrected chi connectivity index (χ0v) is 24.4. The number of anilines is 3. The standard InChI is InChI=1S/C25H29IN10O2S/c1-16-14-38-12-11-35(16)22-19-7-10-34(23-28-8-2-9-29-23)13-20(19)31-21(32-22)17-3-5-18(6-4-17)30-24(39)33-25(37)36(27)15-26/h2-6,8-9,16H,7,10-15,27H2,1H3,(H2,30,33,37,39). The molecule has 0 spiro atoms. The average Bonchev–Trinajstić information content (AvgIpc) is 2.97. The lowest BCUT2D eigenvalue weighted by Gasteiger charge is -2.37. The molecule has 1 fully saturated rings. The van der Waals surface area contributed by atoms with Gasteiger partial charge in [0.2, 0.25) is 5.95 Å². The van der Waals surface area contributed by atoms with Crippen LogP contribution in [0.4, 0.5) is 22.2 Å². The van der Waals surface area contributed by atoms with Gasteiger partial charge in [-0.2, -0.15) is 0 Å². The number of carbonyl (C=O) groups is 1. The molecule has 14 heteroatoms. The van der Waals surface area contributed by atoms with E-state index >= 15 is 0 Å². The van der Waals surface area contributed by atoms with Crippen LogP contribution in [0.3, 0.4) is 0 Å². The lowest BCUT2D eigenvalue weighted by atomic mass is 10.0. The quantitative estimate of drug-likeness (QED) is 0.0709. The van der Waals surface area contributed by atoms with E-state index in [9.17, 15) is 4.79 Å². The molecule has 12 nitrogen and oxygen atoms in total.